The summed E-state index contributed by atoms with van der Waals surface area (Å²) in [7, 11) is -2.14. The van der Waals surface area contributed by atoms with Crippen molar-refractivity contribution in [3.63, 3.8) is 0 Å². The molecule has 2 aliphatic rings. The van der Waals surface area contributed by atoms with E-state index in [1.807, 2.05) is 43.3 Å². The van der Waals surface area contributed by atoms with E-state index in [0.717, 1.165) is 37.0 Å². The number of rotatable bonds is 7. The van der Waals surface area contributed by atoms with Crippen molar-refractivity contribution in [3.05, 3.63) is 97.1 Å². The molecule has 0 saturated carbocycles. The lowest BCUT2D eigenvalue weighted by molar-refractivity contribution is 0.604. The first-order valence-electron chi connectivity index (χ1n) is 14.3. The van der Waals surface area contributed by atoms with E-state index in [0.29, 0.717) is 0 Å². The molecule has 0 radical (unpaired) electrons. The maximum atomic E-state index is 6.32. The van der Waals surface area contributed by atoms with Crippen molar-refractivity contribution >= 4 is 74.2 Å². The average Bonchev–Trinajstić information content (AvgIpc) is 3.08. The normalized spacial score (nSPS) is 15.3. The zero-order chi connectivity index (χ0) is 31.7. The summed E-state index contributed by atoms with van der Waals surface area (Å²) in [5.74, 6) is 1.95. The molecule has 5 N–H and O–H groups in total. The Morgan fingerprint density at radius 1 is 0.907 bits per heavy atom. The van der Waals surface area contributed by atoms with Crippen LogP contribution in [0.2, 0.25) is 0 Å². The molecule has 3 atom stereocenters. The highest BCUT2D eigenvalue weighted by molar-refractivity contribution is 7.94. The van der Waals surface area contributed by atoms with Gasteiger partial charge in [-0.3, -0.25) is 15.1 Å². The Kier molecular flexibility index (Phi) is 16.1. The molecule has 4 aromatic rings. The van der Waals surface area contributed by atoms with Crippen molar-refractivity contribution in [2.45, 2.75) is 26.7 Å². The van der Waals surface area contributed by atoms with E-state index in [4.69, 9.17) is 17.4 Å². The molecule has 6 rings (SSSR count). The Balaban J connectivity index is 0.000000236. The Morgan fingerprint density at radius 2 is 1.47 bits per heavy atom. The molecular weight excluding hydrogens is 652 g/mol. The second-order valence-corrected chi connectivity index (χ2v) is 13.9. The van der Waals surface area contributed by atoms with Gasteiger partial charge in [0.15, 0.2) is 19.4 Å². The van der Waals surface area contributed by atoms with Gasteiger partial charge in [-0.25, -0.2) is 0 Å². The van der Waals surface area contributed by atoms with Gasteiger partial charge in [0.1, 0.15) is 19.6 Å². The molecule has 0 fully saturated rings. The highest BCUT2D eigenvalue weighted by Crippen LogP contribution is 2.46. The monoisotopic (exact) mass is 693 g/mol. The fourth-order valence-corrected chi connectivity index (χ4v) is 7.60. The van der Waals surface area contributed by atoms with Crippen molar-refractivity contribution in [2.24, 2.45) is 5.50 Å². The van der Waals surface area contributed by atoms with Crippen LogP contribution in [0.25, 0.3) is 22.3 Å². The van der Waals surface area contributed by atoms with E-state index >= 15 is 0 Å². The maximum Gasteiger partial charge on any atom is 0.338 e. The van der Waals surface area contributed by atoms with Gasteiger partial charge in [0, 0.05) is 34.7 Å². The molecule has 2 aliphatic heterocycles. The van der Waals surface area contributed by atoms with E-state index in [9.17, 15) is 0 Å². The van der Waals surface area contributed by atoms with Crippen LogP contribution in [0.15, 0.2) is 97.1 Å². The van der Waals surface area contributed by atoms with Gasteiger partial charge >= 0.3 is 7.77 Å². The number of para-hydroxylation sites is 2. The van der Waals surface area contributed by atoms with Crippen molar-refractivity contribution in [1.82, 2.24) is 5.09 Å². The van der Waals surface area contributed by atoms with Gasteiger partial charge in [0.2, 0.25) is 2.86 Å². The van der Waals surface area contributed by atoms with E-state index in [1.165, 1.54) is 32.9 Å². The fourth-order valence-electron chi connectivity index (χ4n) is 4.20. The third-order valence-corrected chi connectivity index (χ3v) is 9.95. The van der Waals surface area contributed by atoms with Crippen LogP contribution in [0.3, 0.4) is 0 Å². The standard InChI is InChI=1S/C15H16NOP.C13H10OP.C3H10NOP.HOPS.H2S/c1-2-11-16-18-15-10-6-4-8-13(15)12-7-3-5-9-14(12)17-18;1-15-13-9-5-3-7-11(13)10-6-2-4-8-12(10)14-15;1-2-3-6(4)5;1-2-3;/h3-10,16H,2,11H2,1H3;2-9H,1H2;5H,2-4H2,1H3;(H,1,3);1H2/q;+1;;;/i;;5D;;/hD. The number of nitrogens with one attached hydrogen (secondary N) is 1. The molecule has 43 heavy (non-hydrogen) atoms. The molecule has 0 saturated heterocycles. The van der Waals surface area contributed by atoms with Crippen LogP contribution in [0.1, 0.15) is 26.7 Å². The highest BCUT2D eigenvalue weighted by atomic mass is 32.4. The summed E-state index contributed by atoms with van der Waals surface area (Å²) >= 11 is 4.12. The first-order chi connectivity index (χ1) is 21.5. The smallest absolute Gasteiger partial charge is 0.338 e. The second-order valence-electron chi connectivity index (χ2n) is 9.01. The largest absolute Gasteiger partial charge is 0.453 e. The summed E-state index contributed by atoms with van der Waals surface area (Å²) in [5.41, 5.74) is 10.2. The van der Waals surface area contributed by atoms with E-state index in [1.54, 1.807) is 0 Å². The third kappa shape index (κ3) is 11.0. The first-order valence-corrected chi connectivity index (χ1v) is 19.5. The van der Waals surface area contributed by atoms with Crippen molar-refractivity contribution < 1.29 is 18.8 Å². The molecule has 2 heterocycles. The first kappa shape index (κ1) is 34.1. The van der Waals surface area contributed by atoms with Crippen molar-refractivity contribution in [2.75, 3.05) is 12.7 Å². The number of hydrogen-bond donors (Lipinski definition) is 4. The van der Waals surface area contributed by atoms with Crippen LogP contribution in [-0.2, 0) is 11.8 Å². The van der Waals surface area contributed by atoms with Crippen molar-refractivity contribution in [1.29, 1.82) is 2.86 Å². The van der Waals surface area contributed by atoms with Gasteiger partial charge in [-0.1, -0.05) is 80.6 Å². The van der Waals surface area contributed by atoms with Gasteiger partial charge in [0.25, 0.3) is 0 Å². The van der Waals surface area contributed by atoms with Gasteiger partial charge in [-0.2, -0.15) is 13.5 Å². The van der Waals surface area contributed by atoms with Gasteiger partial charge in [-0.15, -0.1) is 0 Å². The van der Waals surface area contributed by atoms with Crippen LogP contribution in [0.5, 0.6) is 11.5 Å². The summed E-state index contributed by atoms with van der Waals surface area (Å²) in [4.78, 5) is 7.66. The van der Waals surface area contributed by atoms with Crippen LogP contribution in [0, 0.1) is 0 Å². The predicted molar refractivity (Wildman–Crippen MR) is 199 cm³/mol. The topological polar surface area (TPSA) is 97.0 Å². The summed E-state index contributed by atoms with van der Waals surface area (Å²) in [6.45, 7) is 5.18. The maximum absolute atomic E-state index is 6.32. The summed E-state index contributed by atoms with van der Waals surface area (Å²) < 4.78 is 24.1. The number of nitrogens with two attached hydrogens (primary N) is 1. The van der Waals surface area contributed by atoms with E-state index in [-0.39, 0.29) is 21.1 Å². The quantitative estimate of drug-likeness (QED) is 0.146. The molecule has 228 valence electrons. The summed E-state index contributed by atoms with van der Waals surface area (Å²) in [6.07, 6.45) is 7.03. The molecule has 0 bridgehead atoms. The minimum atomic E-state index is -0.912. The molecular formula is C31H39N2O4P4S2+. The number of hydrogen-bond acceptors (Lipinski definition) is 7. The Bertz CT molecular complexity index is 1510. The second kappa shape index (κ2) is 20.3. The molecule has 0 amide bonds. The fraction of sp³-hybridized carbons (Fsp3) is 0.194. The lowest BCUT2D eigenvalue weighted by atomic mass is 10.0. The van der Waals surface area contributed by atoms with Crippen LogP contribution < -0.4 is 30.2 Å². The van der Waals surface area contributed by atoms with Crippen LogP contribution in [-0.4, -0.2) is 31.7 Å². The predicted octanol–water partition coefficient (Wildman–Crippen LogP) is 7.96. The lowest BCUT2D eigenvalue weighted by Crippen LogP contribution is -2.24. The van der Waals surface area contributed by atoms with E-state index in [2.05, 4.69) is 101 Å². The Hall–Kier alpha value is -1.78. The minimum Gasteiger partial charge on any atom is -0.453 e. The molecule has 0 aromatic heterocycles. The lowest BCUT2D eigenvalue weighted by Gasteiger charge is -2.28. The van der Waals surface area contributed by atoms with Crippen LogP contribution >= 0.6 is 45.4 Å². The van der Waals surface area contributed by atoms with Gasteiger partial charge < -0.3 is 14.3 Å². The molecule has 4 aromatic carbocycles. The highest BCUT2D eigenvalue weighted by Gasteiger charge is 2.28. The third-order valence-electron chi connectivity index (χ3n) is 6.00. The van der Waals surface area contributed by atoms with Gasteiger partial charge in [0.05, 0.1) is 8.30 Å². The molecule has 3 unspecified atom stereocenters. The van der Waals surface area contributed by atoms with Gasteiger partial charge in [-0.05, 0) is 60.5 Å². The zero-order valence-electron chi connectivity index (χ0n) is 26.2. The molecule has 12 heteroatoms. The zero-order valence-corrected chi connectivity index (χ0v) is 29.6. The van der Waals surface area contributed by atoms with Crippen LogP contribution in [0.4, 0.5) is 0 Å². The van der Waals surface area contributed by atoms with Crippen molar-refractivity contribution in [3.8, 4) is 33.8 Å². The number of fused-ring (bicyclic) bond motifs is 6. The Labute approximate surface area is 275 Å². The van der Waals surface area contributed by atoms with E-state index < -0.39 is 24.4 Å². The summed E-state index contributed by atoms with van der Waals surface area (Å²) in [6, 6.07) is 33.3. The molecule has 0 spiro atoms. The average molecular weight is 694 g/mol. The minimum absolute atomic E-state index is 0. The molecule has 0 aliphatic carbocycles. The summed E-state index contributed by atoms with van der Waals surface area (Å²) in [5, 5.41) is 6.03. The number of benzene rings is 4. The SMILES string of the molecule is C=[P+]1Oc2ccccc2-c2ccccc21.CCCNP1Oc2ccccc2-c2ccccc21.S.[2H]OP(N)CCC.[2H]OP=S. The molecule has 6 nitrogen and oxygen atoms in total. The Morgan fingerprint density at radius 3 is 2.07 bits per heavy atom.